The fourth-order valence-electron chi connectivity index (χ4n) is 2.59. The van der Waals surface area contributed by atoms with E-state index in [1.54, 1.807) is 42.5 Å². The zero-order valence-electron chi connectivity index (χ0n) is 14.4. The molecule has 3 aromatic rings. The lowest BCUT2D eigenvalue weighted by molar-refractivity contribution is 0.0987. The number of rotatable bonds is 7. The number of para-hydroxylation sites is 1. The van der Waals surface area contributed by atoms with E-state index < -0.39 is 11.8 Å². The highest BCUT2D eigenvalue weighted by molar-refractivity contribution is 5.97. The number of methoxy groups -OCH3 is 1. The first-order valence-electron chi connectivity index (χ1n) is 7.90. The first kappa shape index (κ1) is 17.9. The maximum absolute atomic E-state index is 11.5. The number of nitrogens with zero attached hydrogens (tertiary/aromatic N) is 2. The summed E-state index contributed by atoms with van der Waals surface area (Å²) >= 11 is 0. The van der Waals surface area contributed by atoms with Crippen LogP contribution in [0.1, 0.15) is 26.4 Å². The van der Waals surface area contributed by atoms with E-state index in [-0.39, 0.29) is 17.9 Å². The summed E-state index contributed by atoms with van der Waals surface area (Å²) < 4.78 is 11.1. The Morgan fingerprint density at radius 1 is 1.04 bits per heavy atom. The van der Waals surface area contributed by atoms with Crippen LogP contribution in [0.15, 0.2) is 42.5 Å². The van der Waals surface area contributed by atoms with Crippen molar-refractivity contribution in [2.45, 2.75) is 6.61 Å². The van der Waals surface area contributed by atoms with Gasteiger partial charge in [0.15, 0.2) is 5.69 Å². The third-order valence-corrected chi connectivity index (χ3v) is 3.87. The zero-order chi connectivity index (χ0) is 19.4. The highest BCUT2D eigenvalue weighted by Crippen LogP contribution is 2.28. The Labute approximate surface area is 154 Å². The van der Waals surface area contributed by atoms with Gasteiger partial charge >= 0.3 is 0 Å². The van der Waals surface area contributed by atoms with Gasteiger partial charge in [-0.05, 0) is 30.3 Å². The number of hydrogen-bond acceptors (Lipinski definition) is 6. The van der Waals surface area contributed by atoms with Crippen LogP contribution in [0.5, 0.6) is 11.5 Å². The SMILES string of the molecule is COc1ccc(-c2n[nH]nc2C(N)=O)cc1COc1ccccc1C(N)=O. The molecular formula is C18H17N5O4. The van der Waals surface area contributed by atoms with Crippen molar-refractivity contribution in [3.8, 4) is 22.8 Å². The molecule has 27 heavy (non-hydrogen) atoms. The number of nitrogens with two attached hydrogens (primary N) is 2. The molecule has 0 atom stereocenters. The van der Waals surface area contributed by atoms with Gasteiger partial charge in [-0.2, -0.15) is 15.4 Å². The smallest absolute Gasteiger partial charge is 0.271 e. The molecule has 0 unspecified atom stereocenters. The van der Waals surface area contributed by atoms with Gasteiger partial charge in [0.1, 0.15) is 23.8 Å². The molecule has 2 amide bonds. The minimum absolute atomic E-state index is 0.0334. The number of nitrogens with one attached hydrogen (secondary N) is 1. The maximum Gasteiger partial charge on any atom is 0.271 e. The molecule has 0 bridgehead atoms. The maximum atomic E-state index is 11.5. The first-order valence-corrected chi connectivity index (χ1v) is 7.90. The van der Waals surface area contributed by atoms with E-state index in [1.807, 2.05) is 0 Å². The van der Waals surface area contributed by atoms with Crippen molar-refractivity contribution in [1.29, 1.82) is 0 Å². The molecule has 0 fully saturated rings. The lowest BCUT2D eigenvalue weighted by Crippen LogP contribution is -2.13. The van der Waals surface area contributed by atoms with E-state index in [1.165, 1.54) is 7.11 Å². The molecule has 0 radical (unpaired) electrons. The van der Waals surface area contributed by atoms with Crippen LogP contribution >= 0.6 is 0 Å². The number of benzene rings is 2. The first-order chi connectivity index (χ1) is 13.0. The van der Waals surface area contributed by atoms with Crippen molar-refractivity contribution >= 4 is 11.8 Å². The second-order valence-electron chi connectivity index (χ2n) is 5.56. The van der Waals surface area contributed by atoms with Gasteiger partial charge in [0.05, 0.1) is 12.7 Å². The molecule has 0 aliphatic carbocycles. The average molecular weight is 367 g/mol. The monoisotopic (exact) mass is 367 g/mol. The van der Waals surface area contributed by atoms with Crippen molar-refractivity contribution in [3.63, 3.8) is 0 Å². The van der Waals surface area contributed by atoms with Gasteiger partial charge in [-0.3, -0.25) is 9.59 Å². The lowest BCUT2D eigenvalue weighted by Gasteiger charge is -2.13. The summed E-state index contributed by atoms with van der Waals surface area (Å²) in [6, 6.07) is 11.9. The van der Waals surface area contributed by atoms with E-state index in [9.17, 15) is 9.59 Å². The van der Waals surface area contributed by atoms with Crippen LogP contribution in [0.25, 0.3) is 11.3 Å². The van der Waals surface area contributed by atoms with Crippen LogP contribution in [0.4, 0.5) is 0 Å². The molecule has 5 N–H and O–H groups in total. The van der Waals surface area contributed by atoms with Crippen LogP contribution in [0.2, 0.25) is 0 Å². The molecule has 0 saturated carbocycles. The topological polar surface area (TPSA) is 146 Å². The summed E-state index contributed by atoms with van der Waals surface area (Å²) in [7, 11) is 1.53. The molecule has 9 nitrogen and oxygen atoms in total. The summed E-state index contributed by atoms with van der Waals surface area (Å²) in [5.41, 5.74) is 12.6. The van der Waals surface area contributed by atoms with Crippen LogP contribution in [-0.2, 0) is 6.61 Å². The minimum atomic E-state index is -0.692. The normalized spacial score (nSPS) is 10.4. The Morgan fingerprint density at radius 2 is 1.81 bits per heavy atom. The third-order valence-electron chi connectivity index (χ3n) is 3.87. The number of hydrogen-bond donors (Lipinski definition) is 3. The molecule has 3 rings (SSSR count). The third kappa shape index (κ3) is 3.71. The highest BCUT2D eigenvalue weighted by atomic mass is 16.5. The lowest BCUT2D eigenvalue weighted by atomic mass is 10.1. The van der Waals surface area contributed by atoms with E-state index in [2.05, 4.69) is 15.4 Å². The van der Waals surface area contributed by atoms with Gasteiger partial charge < -0.3 is 20.9 Å². The Balaban J connectivity index is 1.92. The van der Waals surface area contributed by atoms with Crippen molar-refractivity contribution in [1.82, 2.24) is 15.4 Å². The summed E-state index contributed by atoms with van der Waals surface area (Å²) in [4.78, 5) is 23.0. The number of aromatic amines is 1. The summed E-state index contributed by atoms with van der Waals surface area (Å²) in [6.07, 6.45) is 0. The van der Waals surface area contributed by atoms with Crippen LogP contribution in [-0.4, -0.2) is 34.3 Å². The zero-order valence-corrected chi connectivity index (χ0v) is 14.4. The summed E-state index contributed by atoms with van der Waals surface area (Å²) in [5, 5.41) is 10.1. The molecule has 138 valence electrons. The van der Waals surface area contributed by atoms with Crippen molar-refractivity contribution in [2.24, 2.45) is 11.5 Å². The molecule has 0 spiro atoms. The van der Waals surface area contributed by atoms with Gasteiger partial charge in [-0.1, -0.05) is 12.1 Å². The molecule has 0 aliphatic rings. The van der Waals surface area contributed by atoms with Crippen molar-refractivity contribution in [2.75, 3.05) is 7.11 Å². The van der Waals surface area contributed by atoms with E-state index in [0.29, 0.717) is 28.3 Å². The second kappa shape index (κ2) is 7.56. The fraction of sp³-hybridized carbons (Fsp3) is 0.111. The molecular weight excluding hydrogens is 350 g/mol. The standard InChI is InChI=1S/C18H17N5O4/c1-26-13-7-6-10(15-16(18(20)25)22-23-21-15)8-11(13)9-27-14-5-3-2-4-12(14)17(19)24/h2-8H,9H2,1H3,(H2,19,24)(H2,20,25)(H,21,22,23). The quantitative estimate of drug-likeness (QED) is 0.573. The number of aromatic nitrogens is 3. The summed E-state index contributed by atoms with van der Waals surface area (Å²) in [5.74, 6) is -0.348. The predicted octanol–water partition coefficient (Wildman–Crippen LogP) is 1.26. The number of H-pyrrole nitrogens is 1. The molecule has 2 aromatic carbocycles. The number of carbonyl (C=O) groups excluding carboxylic acids is 2. The second-order valence-corrected chi connectivity index (χ2v) is 5.56. The Hall–Kier alpha value is -3.88. The molecule has 0 aliphatic heterocycles. The number of ether oxygens (including phenoxy) is 2. The molecule has 0 saturated heterocycles. The van der Waals surface area contributed by atoms with E-state index in [4.69, 9.17) is 20.9 Å². The molecule has 1 heterocycles. The largest absolute Gasteiger partial charge is 0.496 e. The van der Waals surface area contributed by atoms with E-state index in [0.717, 1.165) is 0 Å². The van der Waals surface area contributed by atoms with Gasteiger partial charge in [0.2, 0.25) is 0 Å². The predicted molar refractivity (Wildman–Crippen MR) is 96.2 cm³/mol. The van der Waals surface area contributed by atoms with Crippen molar-refractivity contribution in [3.05, 3.63) is 59.3 Å². The summed E-state index contributed by atoms with van der Waals surface area (Å²) in [6.45, 7) is 0.102. The fourth-order valence-corrected chi connectivity index (χ4v) is 2.59. The Bertz CT molecular complexity index is 999. The Kier molecular flexibility index (Phi) is 5.02. The van der Waals surface area contributed by atoms with Crippen LogP contribution < -0.4 is 20.9 Å². The average Bonchev–Trinajstić information content (AvgIpc) is 3.16. The highest BCUT2D eigenvalue weighted by Gasteiger charge is 2.17. The van der Waals surface area contributed by atoms with E-state index >= 15 is 0 Å². The van der Waals surface area contributed by atoms with Gasteiger partial charge in [-0.15, -0.1) is 0 Å². The minimum Gasteiger partial charge on any atom is -0.496 e. The molecule has 1 aromatic heterocycles. The molecule has 9 heteroatoms. The van der Waals surface area contributed by atoms with Crippen LogP contribution in [0.3, 0.4) is 0 Å². The number of primary amides is 2. The number of carbonyl (C=O) groups is 2. The number of amides is 2. The van der Waals surface area contributed by atoms with Crippen molar-refractivity contribution < 1.29 is 19.1 Å². The van der Waals surface area contributed by atoms with Gasteiger partial charge in [0, 0.05) is 11.1 Å². The van der Waals surface area contributed by atoms with Crippen LogP contribution in [0, 0.1) is 0 Å². The Morgan fingerprint density at radius 3 is 2.52 bits per heavy atom. The van der Waals surface area contributed by atoms with Gasteiger partial charge in [-0.25, -0.2) is 0 Å². The van der Waals surface area contributed by atoms with Gasteiger partial charge in [0.25, 0.3) is 11.8 Å².